The summed E-state index contributed by atoms with van der Waals surface area (Å²) in [5.74, 6) is -0.490. The molecule has 1 fully saturated rings. The minimum Gasteiger partial charge on any atom is -0.508 e. The summed E-state index contributed by atoms with van der Waals surface area (Å²) in [6.07, 6.45) is 0.511. The van der Waals surface area contributed by atoms with E-state index in [1.165, 1.54) is 17.0 Å². The van der Waals surface area contributed by atoms with E-state index >= 15 is 0 Å². The van der Waals surface area contributed by atoms with Crippen molar-refractivity contribution in [3.63, 3.8) is 0 Å². The highest BCUT2D eigenvalue weighted by atomic mass is 19.1. The number of hydrogen-bond donors (Lipinski definition) is 1. The number of piperazine rings is 1. The fourth-order valence-electron chi connectivity index (χ4n) is 5.32. The molecular formula is C30H35F2N3O2. The zero-order valence-electron chi connectivity index (χ0n) is 21.6. The van der Waals surface area contributed by atoms with Gasteiger partial charge in [-0.25, -0.2) is 4.39 Å². The van der Waals surface area contributed by atoms with Crippen LogP contribution in [-0.2, 0) is 0 Å². The molecule has 4 rings (SSSR count). The lowest BCUT2D eigenvalue weighted by Gasteiger charge is -2.48. The Morgan fingerprint density at radius 3 is 2.51 bits per heavy atom. The van der Waals surface area contributed by atoms with Crippen LogP contribution < -0.4 is 4.90 Å². The van der Waals surface area contributed by atoms with E-state index in [-0.39, 0.29) is 36.5 Å². The predicted molar refractivity (Wildman–Crippen MR) is 143 cm³/mol. The number of anilines is 1. The molecule has 1 amide bonds. The molecule has 7 heteroatoms. The molecule has 0 bridgehead atoms. The molecule has 1 heterocycles. The number of amides is 1. The monoisotopic (exact) mass is 507 g/mol. The third-order valence-electron chi connectivity index (χ3n) is 7.25. The molecule has 3 atom stereocenters. The smallest absolute Gasteiger partial charge is 0.258 e. The Morgan fingerprint density at radius 2 is 1.78 bits per heavy atom. The van der Waals surface area contributed by atoms with E-state index in [0.717, 1.165) is 24.2 Å². The first-order chi connectivity index (χ1) is 17.8. The maximum absolute atomic E-state index is 13.9. The number of nitrogens with zero attached hydrogens (tertiary/aromatic N) is 3. The summed E-state index contributed by atoms with van der Waals surface area (Å²) in [7, 11) is 1.64. The van der Waals surface area contributed by atoms with Gasteiger partial charge in [0.25, 0.3) is 5.91 Å². The number of carbonyl (C=O) groups is 1. The second-order valence-corrected chi connectivity index (χ2v) is 9.86. The second kappa shape index (κ2) is 11.8. The van der Waals surface area contributed by atoms with Crippen molar-refractivity contribution in [1.29, 1.82) is 0 Å². The Hall–Kier alpha value is -3.29. The van der Waals surface area contributed by atoms with Gasteiger partial charge in [0.2, 0.25) is 0 Å². The van der Waals surface area contributed by atoms with E-state index < -0.39 is 5.82 Å². The van der Waals surface area contributed by atoms with Crippen molar-refractivity contribution in [2.24, 2.45) is 0 Å². The summed E-state index contributed by atoms with van der Waals surface area (Å²) in [6.45, 7) is 6.16. The van der Waals surface area contributed by atoms with E-state index in [9.17, 15) is 18.7 Å². The summed E-state index contributed by atoms with van der Waals surface area (Å²) < 4.78 is 26.8. The molecular weight excluding hydrogens is 472 g/mol. The van der Waals surface area contributed by atoms with Gasteiger partial charge in [0.05, 0.1) is 12.7 Å². The number of phenols is 1. The number of rotatable bonds is 8. The van der Waals surface area contributed by atoms with E-state index in [0.29, 0.717) is 24.2 Å². The zero-order chi connectivity index (χ0) is 26.5. The number of benzene rings is 3. The van der Waals surface area contributed by atoms with E-state index in [2.05, 4.69) is 23.6 Å². The molecule has 3 aromatic rings. The van der Waals surface area contributed by atoms with Gasteiger partial charge in [-0.15, -0.1) is 0 Å². The number of aromatic hydroxyl groups is 1. The van der Waals surface area contributed by atoms with Crippen molar-refractivity contribution in [2.45, 2.75) is 38.4 Å². The van der Waals surface area contributed by atoms with Crippen LogP contribution in [0.5, 0.6) is 5.75 Å². The van der Waals surface area contributed by atoms with Gasteiger partial charge >= 0.3 is 0 Å². The Morgan fingerprint density at radius 1 is 1.03 bits per heavy atom. The standard InChI is InChI=1S/C30H35F2N3O2/c1-21-20-35(22(2)19-34(21)16-8-15-31)29(23-9-6-12-26(36)17-23)27-13-4-5-14-28(27)30(37)33(3)25-11-7-10-24(32)18-25/h4-7,9-14,17-18,21-22,29,36H,8,15-16,19-20H2,1-3H3/t21-,22+,29-/m1/s1. The number of alkyl halides is 1. The molecule has 5 nitrogen and oxygen atoms in total. The summed E-state index contributed by atoms with van der Waals surface area (Å²) in [5.41, 5.74) is 2.68. The van der Waals surface area contributed by atoms with Crippen molar-refractivity contribution < 1.29 is 18.7 Å². The molecule has 1 N–H and O–H groups in total. The van der Waals surface area contributed by atoms with Crippen molar-refractivity contribution in [3.8, 4) is 5.75 Å². The molecule has 0 saturated carbocycles. The van der Waals surface area contributed by atoms with Gasteiger partial charge in [-0.05, 0) is 67.8 Å². The molecule has 1 aliphatic rings. The van der Waals surface area contributed by atoms with Crippen molar-refractivity contribution in [1.82, 2.24) is 9.80 Å². The van der Waals surface area contributed by atoms with E-state index in [1.807, 2.05) is 30.3 Å². The van der Waals surface area contributed by atoms with Crippen LogP contribution in [0.3, 0.4) is 0 Å². The minimum absolute atomic E-state index is 0.118. The third-order valence-corrected chi connectivity index (χ3v) is 7.25. The first kappa shape index (κ1) is 26.8. The maximum atomic E-state index is 13.9. The second-order valence-electron chi connectivity index (χ2n) is 9.86. The van der Waals surface area contributed by atoms with Crippen LogP contribution in [0.15, 0.2) is 72.8 Å². The Balaban J connectivity index is 1.75. The van der Waals surface area contributed by atoms with Gasteiger partial charge in [0.15, 0.2) is 0 Å². The van der Waals surface area contributed by atoms with Crippen LogP contribution in [0.1, 0.15) is 47.8 Å². The Labute approximate surface area is 217 Å². The Kier molecular flexibility index (Phi) is 8.56. The molecule has 196 valence electrons. The lowest BCUT2D eigenvalue weighted by molar-refractivity contribution is 0.0225. The normalized spacial score (nSPS) is 19.5. The third kappa shape index (κ3) is 6.00. The fourth-order valence-corrected chi connectivity index (χ4v) is 5.32. The van der Waals surface area contributed by atoms with Crippen molar-refractivity contribution >= 4 is 11.6 Å². The van der Waals surface area contributed by atoms with Crippen LogP contribution in [0.4, 0.5) is 14.5 Å². The topological polar surface area (TPSA) is 47.0 Å². The van der Waals surface area contributed by atoms with Crippen LogP contribution in [0.25, 0.3) is 0 Å². The van der Waals surface area contributed by atoms with Gasteiger partial charge < -0.3 is 10.0 Å². The summed E-state index contributed by atoms with van der Waals surface area (Å²) in [6, 6.07) is 20.7. The van der Waals surface area contributed by atoms with Gasteiger partial charge in [-0.1, -0.05) is 36.4 Å². The largest absolute Gasteiger partial charge is 0.508 e. The molecule has 0 aliphatic carbocycles. The summed E-state index contributed by atoms with van der Waals surface area (Å²) >= 11 is 0. The number of phenolic OH excluding ortho intramolecular Hbond substituents is 1. The average molecular weight is 508 g/mol. The van der Waals surface area contributed by atoms with Crippen LogP contribution in [0, 0.1) is 5.82 Å². The quantitative estimate of drug-likeness (QED) is 0.428. The molecule has 0 unspecified atom stereocenters. The average Bonchev–Trinajstić information content (AvgIpc) is 2.89. The summed E-state index contributed by atoms with van der Waals surface area (Å²) in [5, 5.41) is 10.3. The van der Waals surface area contributed by atoms with Crippen LogP contribution in [-0.4, -0.2) is 66.3 Å². The predicted octanol–water partition coefficient (Wildman–Crippen LogP) is 5.65. The molecule has 37 heavy (non-hydrogen) atoms. The van der Waals surface area contributed by atoms with Gasteiger partial charge in [-0.3, -0.25) is 19.0 Å². The minimum atomic E-state index is -0.406. The number of halogens is 2. The van der Waals surface area contributed by atoms with Crippen LogP contribution >= 0.6 is 0 Å². The fraction of sp³-hybridized carbons (Fsp3) is 0.367. The first-order valence-corrected chi connectivity index (χ1v) is 12.8. The molecule has 0 spiro atoms. The highest BCUT2D eigenvalue weighted by molar-refractivity contribution is 6.06. The molecule has 0 aromatic heterocycles. The van der Waals surface area contributed by atoms with Crippen molar-refractivity contribution in [2.75, 3.05) is 38.3 Å². The number of hydrogen-bond acceptors (Lipinski definition) is 4. The zero-order valence-corrected chi connectivity index (χ0v) is 21.6. The molecule has 0 radical (unpaired) electrons. The lowest BCUT2D eigenvalue weighted by Crippen LogP contribution is -2.57. The maximum Gasteiger partial charge on any atom is 0.258 e. The lowest BCUT2D eigenvalue weighted by atomic mass is 9.90. The SMILES string of the molecule is C[C@@H]1CN([C@H](c2cccc(O)c2)c2ccccc2C(=O)N(C)c2cccc(F)c2)[C@@H](C)CN1CCCF. The van der Waals surface area contributed by atoms with E-state index in [4.69, 9.17) is 0 Å². The molecule has 1 saturated heterocycles. The highest BCUT2D eigenvalue weighted by Crippen LogP contribution is 2.36. The number of carbonyl (C=O) groups excluding carboxylic acids is 1. The van der Waals surface area contributed by atoms with Gasteiger partial charge in [-0.2, -0.15) is 0 Å². The molecule has 3 aromatic carbocycles. The highest BCUT2D eigenvalue weighted by Gasteiger charge is 2.36. The van der Waals surface area contributed by atoms with Gasteiger partial charge in [0.1, 0.15) is 11.6 Å². The Bertz CT molecular complexity index is 1220. The van der Waals surface area contributed by atoms with E-state index in [1.54, 1.807) is 37.4 Å². The molecule has 1 aliphatic heterocycles. The van der Waals surface area contributed by atoms with Crippen molar-refractivity contribution in [3.05, 3.63) is 95.3 Å². The van der Waals surface area contributed by atoms with Crippen LogP contribution in [0.2, 0.25) is 0 Å². The van der Waals surface area contributed by atoms with Gasteiger partial charge in [0, 0.05) is 50.0 Å². The summed E-state index contributed by atoms with van der Waals surface area (Å²) in [4.78, 5) is 19.9. The first-order valence-electron chi connectivity index (χ1n) is 12.8.